The largest absolute Gasteiger partial charge is 0.459 e. The van der Waals surface area contributed by atoms with Crippen molar-refractivity contribution in [1.82, 2.24) is 4.57 Å². The van der Waals surface area contributed by atoms with Crippen LogP contribution in [-0.2, 0) is 9.47 Å². The van der Waals surface area contributed by atoms with Crippen LogP contribution in [0.25, 0.3) is 5.69 Å². The van der Waals surface area contributed by atoms with Gasteiger partial charge in [0.25, 0.3) is 5.56 Å². The van der Waals surface area contributed by atoms with Crippen LogP contribution in [0.4, 0.5) is 4.39 Å². The van der Waals surface area contributed by atoms with Gasteiger partial charge in [0.1, 0.15) is 12.4 Å². The van der Waals surface area contributed by atoms with Gasteiger partial charge in [0.2, 0.25) is 0 Å². The molecule has 0 radical (unpaired) electrons. The molecule has 6 heteroatoms. The second kappa shape index (κ2) is 7.40. The van der Waals surface area contributed by atoms with E-state index in [9.17, 15) is 14.0 Å². The van der Waals surface area contributed by atoms with Gasteiger partial charge in [0, 0.05) is 24.6 Å². The molecular formula is C18H18FNO4. The summed E-state index contributed by atoms with van der Waals surface area (Å²) in [4.78, 5) is 24.2. The highest BCUT2D eigenvalue weighted by molar-refractivity contribution is 5.89. The van der Waals surface area contributed by atoms with E-state index in [4.69, 9.17) is 9.47 Å². The fourth-order valence-electron chi connectivity index (χ4n) is 2.60. The maximum atomic E-state index is 13.0. The van der Waals surface area contributed by atoms with E-state index in [0.29, 0.717) is 12.3 Å². The summed E-state index contributed by atoms with van der Waals surface area (Å²) in [6, 6.07) is 8.17. The number of carbonyl (C=O) groups excluding carboxylic acids is 1. The lowest BCUT2D eigenvalue weighted by atomic mass is 10.1. The molecule has 1 fully saturated rings. The van der Waals surface area contributed by atoms with E-state index >= 15 is 0 Å². The molecule has 5 nitrogen and oxygen atoms in total. The SMILES string of the molecule is O=C(OC[C@@H]1CCCCO1)c1ccc(=O)n(-c2ccc(F)cc2)c1. The van der Waals surface area contributed by atoms with Crippen molar-refractivity contribution in [3.63, 3.8) is 0 Å². The summed E-state index contributed by atoms with van der Waals surface area (Å²) in [5, 5.41) is 0. The molecule has 0 amide bonds. The Balaban J connectivity index is 1.73. The molecule has 24 heavy (non-hydrogen) atoms. The van der Waals surface area contributed by atoms with Crippen LogP contribution in [0.2, 0.25) is 0 Å². The molecule has 0 unspecified atom stereocenters. The molecule has 2 aromatic rings. The minimum Gasteiger partial charge on any atom is -0.459 e. The highest BCUT2D eigenvalue weighted by atomic mass is 19.1. The molecule has 1 aromatic heterocycles. The number of halogens is 1. The van der Waals surface area contributed by atoms with E-state index in [-0.39, 0.29) is 23.8 Å². The summed E-state index contributed by atoms with van der Waals surface area (Å²) < 4.78 is 25.1. The number of ether oxygens (including phenoxy) is 2. The van der Waals surface area contributed by atoms with E-state index in [2.05, 4.69) is 0 Å². The number of benzene rings is 1. The summed E-state index contributed by atoms with van der Waals surface area (Å²) >= 11 is 0. The van der Waals surface area contributed by atoms with Crippen LogP contribution >= 0.6 is 0 Å². The van der Waals surface area contributed by atoms with Crippen molar-refractivity contribution >= 4 is 5.97 Å². The van der Waals surface area contributed by atoms with Crippen molar-refractivity contribution in [1.29, 1.82) is 0 Å². The quantitative estimate of drug-likeness (QED) is 0.808. The number of pyridine rings is 1. The Morgan fingerprint density at radius 2 is 2.00 bits per heavy atom. The number of hydrogen-bond acceptors (Lipinski definition) is 4. The van der Waals surface area contributed by atoms with Gasteiger partial charge in [-0.15, -0.1) is 0 Å². The highest BCUT2D eigenvalue weighted by Gasteiger charge is 2.17. The van der Waals surface area contributed by atoms with Gasteiger partial charge in [0.05, 0.1) is 11.7 Å². The van der Waals surface area contributed by atoms with Crippen molar-refractivity contribution in [2.45, 2.75) is 25.4 Å². The molecule has 1 atom stereocenters. The van der Waals surface area contributed by atoms with Gasteiger partial charge in [-0.3, -0.25) is 9.36 Å². The van der Waals surface area contributed by atoms with Crippen LogP contribution < -0.4 is 5.56 Å². The van der Waals surface area contributed by atoms with Gasteiger partial charge in [0.15, 0.2) is 0 Å². The van der Waals surface area contributed by atoms with Crippen LogP contribution in [0.15, 0.2) is 47.4 Å². The summed E-state index contributed by atoms with van der Waals surface area (Å²) in [7, 11) is 0. The topological polar surface area (TPSA) is 57.5 Å². The summed E-state index contributed by atoms with van der Waals surface area (Å²) in [5.74, 6) is -0.908. The minimum absolute atomic E-state index is 0.0642. The molecule has 0 spiro atoms. The van der Waals surface area contributed by atoms with Crippen molar-refractivity contribution in [3.05, 3.63) is 64.3 Å². The lowest BCUT2D eigenvalue weighted by Crippen LogP contribution is -2.26. The lowest BCUT2D eigenvalue weighted by molar-refractivity contribution is -0.0300. The third-order valence-corrected chi connectivity index (χ3v) is 3.93. The Kier molecular flexibility index (Phi) is 5.05. The molecule has 1 aromatic carbocycles. The standard InChI is InChI=1S/C18H18FNO4/c19-14-5-7-15(8-6-14)20-11-13(4-9-17(20)21)18(22)24-12-16-3-1-2-10-23-16/h4-9,11,16H,1-3,10,12H2/t16-/m0/s1. The third kappa shape index (κ3) is 3.89. The first-order valence-electron chi connectivity index (χ1n) is 7.91. The first-order valence-corrected chi connectivity index (χ1v) is 7.91. The number of aromatic nitrogens is 1. The van der Waals surface area contributed by atoms with E-state index in [0.717, 1.165) is 19.3 Å². The predicted octanol–water partition coefficient (Wildman–Crippen LogP) is 2.70. The van der Waals surface area contributed by atoms with E-state index in [1.165, 1.54) is 47.2 Å². The number of hydrogen-bond donors (Lipinski definition) is 0. The Hall–Kier alpha value is -2.47. The molecule has 1 saturated heterocycles. The Labute approximate surface area is 138 Å². The van der Waals surface area contributed by atoms with Gasteiger partial charge in [-0.2, -0.15) is 0 Å². The maximum Gasteiger partial charge on any atom is 0.339 e. The van der Waals surface area contributed by atoms with Gasteiger partial charge in [-0.1, -0.05) is 0 Å². The van der Waals surface area contributed by atoms with E-state index in [1.807, 2.05) is 0 Å². The summed E-state index contributed by atoms with van der Waals surface area (Å²) in [5.41, 5.74) is 0.426. The average molecular weight is 331 g/mol. The summed E-state index contributed by atoms with van der Waals surface area (Å²) in [6.07, 6.45) is 4.32. The predicted molar refractivity (Wildman–Crippen MR) is 85.9 cm³/mol. The first-order chi connectivity index (χ1) is 11.6. The van der Waals surface area contributed by atoms with Crippen LogP contribution in [0.1, 0.15) is 29.6 Å². The molecule has 0 aliphatic carbocycles. The Morgan fingerprint density at radius 3 is 2.71 bits per heavy atom. The van der Waals surface area contributed by atoms with Crippen molar-refractivity contribution < 1.29 is 18.7 Å². The highest BCUT2D eigenvalue weighted by Crippen LogP contribution is 2.14. The third-order valence-electron chi connectivity index (χ3n) is 3.93. The lowest BCUT2D eigenvalue weighted by Gasteiger charge is -2.22. The zero-order valence-electron chi connectivity index (χ0n) is 13.1. The fraction of sp³-hybridized carbons (Fsp3) is 0.333. The number of rotatable bonds is 4. The second-order valence-electron chi connectivity index (χ2n) is 5.69. The van der Waals surface area contributed by atoms with Crippen LogP contribution in [0, 0.1) is 5.82 Å². The smallest absolute Gasteiger partial charge is 0.339 e. The molecule has 2 heterocycles. The molecule has 1 aliphatic heterocycles. The zero-order chi connectivity index (χ0) is 16.9. The number of esters is 1. The minimum atomic E-state index is -0.514. The number of nitrogens with zero attached hydrogens (tertiary/aromatic N) is 1. The van der Waals surface area contributed by atoms with Gasteiger partial charge < -0.3 is 9.47 Å². The van der Waals surface area contributed by atoms with Crippen LogP contribution in [0.5, 0.6) is 0 Å². The zero-order valence-corrected chi connectivity index (χ0v) is 13.1. The molecule has 3 rings (SSSR count). The molecular weight excluding hydrogens is 313 g/mol. The van der Waals surface area contributed by atoms with Crippen molar-refractivity contribution in [3.8, 4) is 5.69 Å². The second-order valence-corrected chi connectivity index (χ2v) is 5.69. The first kappa shape index (κ1) is 16.4. The van der Waals surface area contributed by atoms with Crippen molar-refractivity contribution in [2.24, 2.45) is 0 Å². The van der Waals surface area contributed by atoms with Gasteiger partial charge in [-0.05, 0) is 49.6 Å². The average Bonchev–Trinajstić information content (AvgIpc) is 2.62. The van der Waals surface area contributed by atoms with E-state index < -0.39 is 11.8 Å². The molecule has 0 N–H and O–H groups in total. The summed E-state index contributed by atoms with van der Waals surface area (Å²) in [6.45, 7) is 0.895. The monoisotopic (exact) mass is 331 g/mol. The fourth-order valence-corrected chi connectivity index (χ4v) is 2.60. The Morgan fingerprint density at radius 1 is 1.21 bits per heavy atom. The Bertz CT molecular complexity index is 763. The van der Waals surface area contributed by atoms with E-state index in [1.54, 1.807) is 0 Å². The molecule has 0 bridgehead atoms. The van der Waals surface area contributed by atoms with Crippen LogP contribution in [-0.4, -0.2) is 29.9 Å². The number of carbonyl (C=O) groups is 1. The van der Waals surface area contributed by atoms with Crippen molar-refractivity contribution in [2.75, 3.05) is 13.2 Å². The van der Waals surface area contributed by atoms with Crippen LogP contribution in [0.3, 0.4) is 0 Å². The maximum absolute atomic E-state index is 13.0. The molecule has 1 aliphatic rings. The van der Waals surface area contributed by atoms with Gasteiger partial charge >= 0.3 is 5.97 Å². The normalized spacial score (nSPS) is 17.5. The molecule has 126 valence electrons. The molecule has 0 saturated carbocycles. The van der Waals surface area contributed by atoms with Gasteiger partial charge in [-0.25, -0.2) is 9.18 Å².